The number of fused-ring (bicyclic) bond motifs is 1. The summed E-state index contributed by atoms with van der Waals surface area (Å²) in [6, 6.07) is 8.61. The van der Waals surface area contributed by atoms with Gasteiger partial charge in [-0.05, 0) is 30.5 Å². The first-order chi connectivity index (χ1) is 12.6. The molecule has 0 aliphatic rings. The highest BCUT2D eigenvalue weighted by atomic mass is 35.5. The number of aryl methyl sites for hydroxylation is 2. The zero-order valence-corrected chi connectivity index (χ0v) is 16.7. The molecule has 0 aliphatic heterocycles. The number of halogens is 1. The molecule has 0 fully saturated rings. The van der Waals surface area contributed by atoms with Crippen molar-refractivity contribution < 1.29 is 0 Å². The highest BCUT2D eigenvalue weighted by molar-refractivity contribution is 7.19. The Balaban J connectivity index is 2.33. The summed E-state index contributed by atoms with van der Waals surface area (Å²) in [5, 5.41) is 1.33. The van der Waals surface area contributed by atoms with Crippen molar-refractivity contribution >= 4 is 39.0 Å². The Morgan fingerprint density at radius 2 is 1.77 bits per heavy atom. The van der Waals surface area contributed by atoms with Gasteiger partial charge in [-0.3, -0.25) is 0 Å². The summed E-state index contributed by atoms with van der Waals surface area (Å²) in [6.07, 6.45) is 4.66. The third-order valence-electron chi connectivity index (χ3n) is 4.24. The van der Waals surface area contributed by atoms with Crippen molar-refractivity contribution in [2.75, 3.05) is 18.0 Å². The number of thiophene rings is 1. The van der Waals surface area contributed by atoms with Crippen molar-refractivity contribution in [3.63, 3.8) is 0 Å². The van der Waals surface area contributed by atoms with E-state index in [9.17, 15) is 0 Å². The molecule has 3 aromatic rings. The van der Waals surface area contributed by atoms with E-state index in [0.29, 0.717) is 13.1 Å². The van der Waals surface area contributed by atoms with E-state index in [0.717, 1.165) is 22.5 Å². The van der Waals surface area contributed by atoms with Crippen LogP contribution in [0.2, 0.25) is 5.28 Å². The fourth-order valence-electron chi connectivity index (χ4n) is 3.07. The molecule has 0 spiro atoms. The Labute approximate surface area is 163 Å². The fourth-order valence-corrected chi connectivity index (χ4v) is 4.41. The Morgan fingerprint density at radius 1 is 1.12 bits per heavy atom. The van der Waals surface area contributed by atoms with Crippen molar-refractivity contribution in [3.8, 4) is 11.1 Å². The SMILES string of the molecule is C=CCN(CC=C)c1nc(Cl)nc2sc(CC)c(-c3ccc(C)cc3)c12. The van der Waals surface area contributed by atoms with Crippen LogP contribution in [-0.2, 0) is 6.42 Å². The first-order valence-corrected chi connectivity index (χ1v) is 9.81. The second-order valence-corrected chi connectivity index (χ2v) is 7.52. The lowest BCUT2D eigenvalue weighted by atomic mass is 10.0. The minimum absolute atomic E-state index is 0.269. The molecule has 3 rings (SSSR count). The second kappa shape index (κ2) is 8.02. The van der Waals surface area contributed by atoms with Gasteiger partial charge in [-0.1, -0.05) is 48.9 Å². The highest BCUT2D eigenvalue weighted by Crippen LogP contribution is 2.43. The molecule has 0 atom stereocenters. The van der Waals surface area contributed by atoms with E-state index in [-0.39, 0.29) is 5.28 Å². The maximum absolute atomic E-state index is 6.25. The van der Waals surface area contributed by atoms with Crippen molar-refractivity contribution in [2.45, 2.75) is 20.3 Å². The quantitative estimate of drug-likeness (QED) is 0.366. The van der Waals surface area contributed by atoms with Crippen LogP contribution < -0.4 is 4.90 Å². The van der Waals surface area contributed by atoms with Gasteiger partial charge in [0.05, 0.1) is 5.39 Å². The molecule has 2 aromatic heterocycles. The average Bonchev–Trinajstić information content (AvgIpc) is 3.00. The molecule has 2 heterocycles. The zero-order chi connectivity index (χ0) is 18.7. The van der Waals surface area contributed by atoms with Gasteiger partial charge in [0.2, 0.25) is 5.28 Å². The number of anilines is 1. The van der Waals surface area contributed by atoms with Crippen LogP contribution in [0.1, 0.15) is 17.4 Å². The van der Waals surface area contributed by atoms with Crippen LogP contribution in [0.4, 0.5) is 5.82 Å². The van der Waals surface area contributed by atoms with Gasteiger partial charge in [0.15, 0.2) is 0 Å². The highest BCUT2D eigenvalue weighted by Gasteiger charge is 2.21. The summed E-state index contributed by atoms with van der Waals surface area (Å²) in [5.74, 6) is 0.839. The predicted octanol–water partition coefficient (Wildman–Crippen LogP) is 6.06. The largest absolute Gasteiger partial charge is 0.348 e. The summed E-state index contributed by atoms with van der Waals surface area (Å²) < 4.78 is 0. The van der Waals surface area contributed by atoms with Gasteiger partial charge in [-0.15, -0.1) is 24.5 Å². The van der Waals surface area contributed by atoms with E-state index in [1.807, 2.05) is 12.2 Å². The van der Waals surface area contributed by atoms with Crippen LogP contribution in [0.15, 0.2) is 49.6 Å². The summed E-state index contributed by atoms with van der Waals surface area (Å²) in [6.45, 7) is 13.3. The van der Waals surface area contributed by atoms with Crippen molar-refractivity contribution in [2.24, 2.45) is 0 Å². The van der Waals surface area contributed by atoms with Crippen molar-refractivity contribution in [1.82, 2.24) is 9.97 Å². The van der Waals surface area contributed by atoms with E-state index in [1.165, 1.54) is 21.6 Å². The number of rotatable bonds is 7. The molecular weight excluding hydrogens is 362 g/mol. The first-order valence-electron chi connectivity index (χ1n) is 8.61. The normalized spacial score (nSPS) is 10.9. The number of hydrogen-bond acceptors (Lipinski definition) is 4. The van der Waals surface area contributed by atoms with Crippen LogP contribution in [0, 0.1) is 6.92 Å². The lowest BCUT2D eigenvalue weighted by Gasteiger charge is -2.22. The number of hydrogen-bond donors (Lipinski definition) is 0. The minimum Gasteiger partial charge on any atom is -0.348 e. The topological polar surface area (TPSA) is 29.0 Å². The van der Waals surface area contributed by atoms with Gasteiger partial charge in [0.25, 0.3) is 0 Å². The zero-order valence-electron chi connectivity index (χ0n) is 15.1. The third-order valence-corrected chi connectivity index (χ3v) is 5.64. The molecule has 0 bridgehead atoms. The molecule has 0 amide bonds. The summed E-state index contributed by atoms with van der Waals surface area (Å²) in [5.41, 5.74) is 3.63. The Hall–Kier alpha value is -2.17. The van der Waals surface area contributed by atoms with Gasteiger partial charge < -0.3 is 4.90 Å². The molecule has 0 unspecified atom stereocenters. The van der Waals surface area contributed by atoms with Gasteiger partial charge in [0.1, 0.15) is 10.6 Å². The van der Waals surface area contributed by atoms with Crippen LogP contribution in [-0.4, -0.2) is 23.1 Å². The van der Waals surface area contributed by atoms with E-state index in [2.05, 4.69) is 66.1 Å². The minimum atomic E-state index is 0.269. The van der Waals surface area contributed by atoms with Crippen LogP contribution >= 0.6 is 22.9 Å². The molecule has 3 nitrogen and oxygen atoms in total. The first kappa shape index (κ1) is 18.6. The smallest absolute Gasteiger partial charge is 0.225 e. The monoisotopic (exact) mass is 383 g/mol. The second-order valence-electron chi connectivity index (χ2n) is 6.10. The van der Waals surface area contributed by atoms with Gasteiger partial charge in [0, 0.05) is 23.5 Å². The summed E-state index contributed by atoms with van der Waals surface area (Å²) in [7, 11) is 0. The number of benzene rings is 1. The lowest BCUT2D eigenvalue weighted by molar-refractivity contribution is 0.929. The van der Waals surface area contributed by atoms with Gasteiger partial charge in [-0.2, -0.15) is 4.98 Å². The molecule has 0 radical (unpaired) electrons. The fraction of sp³-hybridized carbons (Fsp3) is 0.238. The van der Waals surface area contributed by atoms with Crippen molar-refractivity contribution in [1.29, 1.82) is 0 Å². The van der Waals surface area contributed by atoms with Gasteiger partial charge >= 0.3 is 0 Å². The standard InChI is InChI=1S/C21H22ClN3S/c1-5-12-25(13-6-2)19-18-17(15-10-8-14(4)9-11-15)16(7-3)26-20(18)24-21(22)23-19/h5-6,8-11H,1-2,7,12-13H2,3-4H3. The average molecular weight is 384 g/mol. The van der Waals surface area contributed by atoms with Crippen LogP contribution in [0.25, 0.3) is 21.3 Å². The van der Waals surface area contributed by atoms with Gasteiger partial charge in [-0.25, -0.2) is 4.98 Å². The molecule has 26 heavy (non-hydrogen) atoms. The Morgan fingerprint density at radius 3 is 2.35 bits per heavy atom. The molecule has 1 aromatic carbocycles. The Kier molecular flexibility index (Phi) is 5.74. The molecule has 134 valence electrons. The van der Waals surface area contributed by atoms with Crippen LogP contribution in [0.3, 0.4) is 0 Å². The third kappa shape index (κ3) is 3.53. The Bertz CT molecular complexity index is 934. The number of aromatic nitrogens is 2. The molecular formula is C21H22ClN3S. The molecule has 0 saturated heterocycles. The molecule has 0 saturated carbocycles. The molecule has 0 N–H and O–H groups in total. The maximum Gasteiger partial charge on any atom is 0.225 e. The van der Waals surface area contributed by atoms with E-state index in [1.54, 1.807) is 11.3 Å². The summed E-state index contributed by atoms with van der Waals surface area (Å²) >= 11 is 7.94. The van der Waals surface area contributed by atoms with Crippen molar-refractivity contribution in [3.05, 3.63) is 65.3 Å². The maximum atomic E-state index is 6.25. The predicted molar refractivity (Wildman–Crippen MR) is 115 cm³/mol. The van der Waals surface area contributed by atoms with E-state index < -0.39 is 0 Å². The lowest BCUT2D eigenvalue weighted by Crippen LogP contribution is -2.24. The molecule has 5 heteroatoms. The summed E-state index contributed by atoms with van der Waals surface area (Å²) in [4.78, 5) is 13.4. The van der Waals surface area contributed by atoms with E-state index >= 15 is 0 Å². The van der Waals surface area contributed by atoms with E-state index in [4.69, 9.17) is 11.6 Å². The molecule has 0 aliphatic carbocycles. The van der Waals surface area contributed by atoms with Crippen LogP contribution in [0.5, 0.6) is 0 Å². The number of nitrogens with zero attached hydrogens (tertiary/aromatic N) is 3.